The van der Waals surface area contributed by atoms with Crippen LogP contribution in [0.15, 0.2) is 0 Å². The maximum absolute atomic E-state index is 9.28. The highest BCUT2D eigenvalue weighted by Crippen LogP contribution is 2.00. The van der Waals surface area contributed by atoms with Crippen molar-refractivity contribution in [3.05, 3.63) is 0 Å². The van der Waals surface area contributed by atoms with Crippen LogP contribution in [0.3, 0.4) is 0 Å². The van der Waals surface area contributed by atoms with Crippen molar-refractivity contribution in [3.63, 3.8) is 0 Å². The lowest BCUT2D eigenvalue weighted by Gasteiger charge is -2.20. The van der Waals surface area contributed by atoms with Crippen LogP contribution in [0.5, 0.6) is 0 Å². The topological polar surface area (TPSA) is 41.9 Å². The highest BCUT2D eigenvalue weighted by Gasteiger charge is 2.08. The fraction of sp³-hybridized carbons (Fsp3) is 1.00. The Bertz CT molecular complexity index is 131. The highest BCUT2D eigenvalue weighted by atomic mass is 16.9. The van der Waals surface area contributed by atoms with Crippen molar-refractivity contribution in [3.8, 4) is 0 Å². The van der Waals surface area contributed by atoms with Crippen molar-refractivity contribution in [1.82, 2.24) is 5.06 Å². The van der Waals surface area contributed by atoms with E-state index in [1.54, 1.807) is 12.1 Å². The lowest BCUT2D eigenvalue weighted by Crippen LogP contribution is -2.29. The molecule has 0 amide bonds. The third-order valence-corrected chi connectivity index (χ3v) is 1.67. The van der Waals surface area contributed by atoms with E-state index in [1.807, 2.05) is 13.8 Å². The first-order valence-corrected chi connectivity index (χ1v) is 5.23. The maximum atomic E-state index is 9.28. The summed E-state index contributed by atoms with van der Waals surface area (Å²) in [6.07, 6.45) is 2.16. The van der Waals surface area contributed by atoms with Gasteiger partial charge in [-0.05, 0) is 12.3 Å². The Kier molecular flexibility index (Phi) is 8.08. The molecular formula is C10H23NO3. The van der Waals surface area contributed by atoms with Crippen molar-refractivity contribution >= 4 is 0 Å². The van der Waals surface area contributed by atoms with Crippen LogP contribution in [-0.4, -0.2) is 36.8 Å². The Balaban J connectivity index is 3.44. The van der Waals surface area contributed by atoms with Crippen molar-refractivity contribution < 1.29 is 14.7 Å². The molecule has 0 bridgehead atoms. The molecule has 14 heavy (non-hydrogen) atoms. The van der Waals surface area contributed by atoms with Gasteiger partial charge in [0, 0.05) is 13.6 Å². The molecule has 0 saturated heterocycles. The average molecular weight is 205 g/mol. The second-order valence-corrected chi connectivity index (χ2v) is 3.84. The number of aliphatic hydroxyl groups excluding tert-OH is 1. The predicted octanol–water partition coefficient (Wildman–Crippen LogP) is 1.60. The molecule has 0 spiro atoms. The van der Waals surface area contributed by atoms with Gasteiger partial charge in [-0.25, -0.2) is 4.84 Å². The molecule has 4 nitrogen and oxygen atoms in total. The van der Waals surface area contributed by atoms with Gasteiger partial charge in [0.05, 0.1) is 6.61 Å². The molecule has 0 aliphatic heterocycles. The number of aliphatic hydroxyl groups is 1. The van der Waals surface area contributed by atoms with Crippen LogP contribution in [0.25, 0.3) is 0 Å². The molecule has 1 atom stereocenters. The zero-order valence-corrected chi connectivity index (χ0v) is 9.69. The summed E-state index contributed by atoms with van der Waals surface area (Å²) < 4.78 is 5.05. The number of ether oxygens (including phenoxy) is 1. The molecule has 0 radical (unpaired) electrons. The first kappa shape index (κ1) is 13.8. The van der Waals surface area contributed by atoms with Gasteiger partial charge in [-0.1, -0.05) is 27.2 Å². The van der Waals surface area contributed by atoms with E-state index in [0.717, 1.165) is 19.4 Å². The lowest BCUT2D eigenvalue weighted by molar-refractivity contribution is -0.353. The summed E-state index contributed by atoms with van der Waals surface area (Å²) in [4.78, 5) is 5.07. The first-order valence-electron chi connectivity index (χ1n) is 5.23. The minimum atomic E-state index is -1.14. The molecule has 0 saturated carbocycles. The molecule has 0 aliphatic rings. The van der Waals surface area contributed by atoms with Crippen molar-refractivity contribution in [1.29, 1.82) is 0 Å². The monoisotopic (exact) mass is 205 g/mol. The lowest BCUT2D eigenvalue weighted by atomic mass is 10.2. The molecule has 0 aromatic carbocycles. The summed E-state index contributed by atoms with van der Waals surface area (Å²) in [5.74, 6) is 0.397. The normalized spacial score (nSPS) is 13.9. The standard InChI is InChI=1S/C10H23NO3/c1-5-6-7-11(4)14-10(12)13-8-9(2)3/h9-10,12H,5-8H2,1-4H3. The Hall–Kier alpha value is -0.160. The van der Waals surface area contributed by atoms with E-state index in [0.29, 0.717) is 12.5 Å². The Morgan fingerprint density at radius 1 is 1.36 bits per heavy atom. The van der Waals surface area contributed by atoms with Crippen molar-refractivity contribution in [2.24, 2.45) is 5.92 Å². The quantitative estimate of drug-likeness (QED) is 0.483. The van der Waals surface area contributed by atoms with Gasteiger partial charge in [0.2, 0.25) is 0 Å². The highest BCUT2D eigenvalue weighted by molar-refractivity contribution is 4.39. The molecule has 0 fully saturated rings. The average Bonchev–Trinajstić information content (AvgIpc) is 2.11. The smallest absolute Gasteiger partial charge is 0.286 e. The number of unbranched alkanes of at least 4 members (excludes halogenated alkanes) is 1. The third kappa shape index (κ3) is 8.44. The second kappa shape index (κ2) is 8.17. The second-order valence-electron chi connectivity index (χ2n) is 3.84. The van der Waals surface area contributed by atoms with E-state index in [1.165, 1.54) is 0 Å². The summed E-state index contributed by atoms with van der Waals surface area (Å²) in [6.45, 7) is 6.32. The van der Waals surface area contributed by atoms with Gasteiger partial charge in [-0.2, -0.15) is 5.06 Å². The fourth-order valence-corrected chi connectivity index (χ4v) is 0.893. The number of rotatable bonds is 8. The maximum Gasteiger partial charge on any atom is 0.286 e. The minimum absolute atomic E-state index is 0.397. The van der Waals surface area contributed by atoms with Gasteiger partial charge in [-0.15, -0.1) is 0 Å². The van der Waals surface area contributed by atoms with Crippen LogP contribution in [-0.2, 0) is 9.57 Å². The Morgan fingerprint density at radius 2 is 2.00 bits per heavy atom. The minimum Gasteiger partial charge on any atom is -0.345 e. The van der Waals surface area contributed by atoms with E-state index < -0.39 is 6.48 Å². The summed E-state index contributed by atoms with van der Waals surface area (Å²) in [5, 5.41) is 10.9. The molecule has 0 aromatic rings. The number of hydrogen-bond acceptors (Lipinski definition) is 4. The molecule has 0 aromatic heterocycles. The van der Waals surface area contributed by atoms with Crippen molar-refractivity contribution in [2.75, 3.05) is 20.2 Å². The Labute approximate surface area is 86.8 Å². The number of hydroxylamine groups is 2. The molecule has 0 rings (SSSR count). The van der Waals surface area contributed by atoms with Crippen LogP contribution in [0, 0.1) is 5.92 Å². The van der Waals surface area contributed by atoms with Crippen LogP contribution in [0.4, 0.5) is 0 Å². The first-order chi connectivity index (χ1) is 6.56. The molecule has 1 unspecified atom stereocenters. The van der Waals surface area contributed by atoms with E-state index in [2.05, 4.69) is 6.92 Å². The van der Waals surface area contributed by atoms with Gasteiger partial charge < -0.3 is 9.84 Å². The molecule has 86 valence electrons. The van der Waals surface area contributed by atoms with E-state index in [-0.39, 0.29) is 0 Å². The number of nitrogens with zero attached hydrogens (tertiary/aromatic N) is 1. The van der Waals surface area contributed by atoms with E-state index in [9.17, 15) is 5.11 Å². The van der Waals surface area contributed by atoms with E-state index in [4.69, 9.17) is 9.57 Å². The van der Waals surface area contributed by atoms with Crippen LogP contribution < -0.4 is 0 Å². The summed E-state index contributed by atoms with van der Waals surface area (Å²) in [6, 6.07) is 0. The van der Waals surface area contributed by atoms with Crippen LogP contribution >= 0.6 is 0 Å². The zero-order valence-electron chi connectivity index (χ0n) is 9.69. The predicted molar refractivity (Wildman–Crippen MR) is 55.4 cm³/mol. The molecule has 0 aliphatic carbocycles. The SMILES string of the molecule is CCCCN(C)OC(O)OCC(C)C. The molecular weight excluding hydrogens is 182 g/mol. The largest absolute Gasteiger partial charge is 0.345 e. The van der Waals surface area contributed by atoms with Crippen molar-refractivity contribution in [2.45, 2.75) is 40.1 Å². The van der Waals surface area contributed by atoms with Gasteiger partial charge in [0.15, 0.2) is 0 Å². The third-order valence-electron chi connectivity index (χ3n) is 1.67. The summed E-state index contributed by atoms with van der Waals surface area (Å²) in [5.41, 5.74) is 0. The van der Waals surface area contributed by atoms with Gasteiger partial charge in [-0.3, -0.25) is 0 Å². The van der Waals surface area contributed by atoms with Gasteiger partial charge in [0.25, 0.3) is 6.48 Å². The summed E-state index contributed by atoms with van der Waals surface area (Å²) >= 11 is 0. The van der Waals surface area contributed by atoms with Crippen LogP contribution in [0.1, 0.15) is 33.6 Å². The summed E-state index contributed by atoms with van der Waals surface area (Å²) in [7, 11) is 1.79. The van der Waals surface area contributed by atoms with Gasteiger partial charge >= 0.3 is 0 Å². The Morgan fingerprint density at radius 3 is 2.50 bits per heavy atom. The number of hydrogen-bond donors (Lipinski definition) is 1. The molecule has 0 heterocycles. The van der Waals surface area contributed by atoms with Crippen LogP contribution in [0.2, 0.25) is 0 Å². The van der Waals surface area contributed by atoms with Gasteiger partial charge in [0.1, 0.15) is 0 Å². The van der Waals surface area contributed by atoms with E-state index >= 15 is 0 Å². The fourth-order valence-electron chi connectivity index (χ4n) is 0.893. The zero-order chi connectivity index (χ0) is 11.0. The molecule has 1 N–H and O–H groups in total. The molecule has 4 heteroatoms.